The molecule has 1 aromatic heterocycles. The number of nitrogens with zero attached hydrogens (tertiary/aromatic N) is 2. The Morgan fingerprint density at radius 1 is 1.27 bits per heavy atom. The van der Waals surface area contributed by atoms with E-state index < -0.39 is 0 Å². The van der Waals surface area contributed by atoms with Gasteiger partial charge in [0.25, 0.3) is 0 Å². The first-order valence-corrected chi connectivity index (χ1v) is 7.29. The highest BCUT2D eigenvalue weighted by molar-refractivity contribution is 6.30. The molecule has 1 aromatic carbocycles. The van der Waals surface area contributed by atoms with E-state index in [2.05, 4.69) is 10.3 Å². The van der Waals surface area contributed by atoms with Crippen molar-refractivity contribution in [1.29, 1.82) is 0 Å². The molecule has 1 saturated heterocycles. The maximum atomic E-state index is 12.2. The van der Waals surface area contributed by atoms with Gasteiger partial charge in [0.2, 0.25) is 11.8 Å². The van der Waals surface area contributed by atoms with Crippen molar-refractivity contribution < 1.29 is 9.21 Å². The zero-order valence-electron chi connectivity index (χ0n) is 11.9. The summed E-state index contributed by atoms with van der Waals surface area (Å²) in [4.78, 5) is 18.4. The van der Waals surface area contributed by atoms with E-state index in [1.807, 2.05) is 17.0 Å². The Morgan fingerprint density at radius 2 is 1.95 bits per heavy atom. The van der Waals surface area contributed by atoms with Gasteiger partial charge in [-0.1, -0.05) is 11.6 Å². The van der Waals surface area contributed by atoms with E-state index in [-0.39, 0.29) is 24.7 Å². The fourth-order valence-corrected chi connectivity index (χ4v) is 2.42. The number of piperazine rings is 1. The Hall–Kier alpha value is -1.56. The number of aromatic nitrogens is 1. The summed E-state index contributed by atoms with van der Waals surface area (Å²) >= 11 is 5.85. The Kier molecular flexibility index (Phi) is 5.83. The van der Waals surface area contributed by atoms with E-state index in [1.165, 1.54) is 0 Å². The van der Waals surface area contributed by atoms with E-state index in [0.717, 1.165) is 31.7 Å². The third-order valence-corrected chi connectivity index (χ3v) is 3.70. The molecule has 1 amide bonds. The smallest absolute Gasteiger partial charge is 0.228 e. The summed E-state index contributed by atoms with van der Waals surface area (Å²) in [6.45, 7) is 3.20. The van der Waals surface area contributed by atoms with Crippen LogP contribution in [0.4, 0.5) is 0 Å². The lowest BCUT2D eigenvalue weighted by atomic mass is 10.2. The summed E-state index contributed by atoms with van der Waals surface area (Å²) in [5, 5.41) is 3.89. The molecule has 0 aliphatic carbocycles. The minimum absolute atomic E-state index is 0. The van der Waals surface area contributed by atoms with Crippen molar-refractivity contribution in [2.45, 2.75) is 6.42 Å². The van der Waals surface area contributed by atoms with Crippen LogP contribution in [0.5, 0.6) is 0 Å². The van der Waals surface area contributed by atoms with Crippen LogP contribution in [0.2, 0.25) is 5.02 Å². The van der Waals surface area contributed by atoms with Gasteiger partial charge in [-0.2, -0.15) is 0 Å². The number of oxazole rings is 1. The van der Waals surface area contributed by atoms with Crippen LogP contribution < -0.4 is 5.32 Å². The molecule has 2 aromatic rings. The maximum Gasteiger partial charge on any atom is 0.228 e. The van der Waals surface area contributed by atoms with Crippen LogP contribution >= 0.6 is 24.0 Å². The highest BCUT2D eigenvalue weighted by Crippen LogP contribution is 2.21. The minimum Gasteiger partial charge on any atom is -0.444 e. The number of hydrogen-bond donors (Lipinski definition) is 1. The monoisotopic (exact) mass is 341 g/mol. The lowest BCUT2D eigenvalue weighted by Gasteiger charge is -2.27. The van der Waals surface area contributed by atoms with Crippen molar-refractivity contribution in [2.24, 2.45) is 0 Å². The number of benzene rings is 1. The average molecular weight is 342 g/mol. The Bertz CT molecular complexity index is 622. The molecule has 0 spiro atoms. The normalized spacial score (nSPS) is 14.5. The molecule has 118 valence electrons. The first-order chi connectivity index (χ1) is 10.2. The molecule has 3 rings (SSSR count). The van der Waals surface area contributed by atoms with Crippen LogP contribution in [0.3, 0.4) is 0 Å². The van der Waals surface area contributed by atoms with E-state index in [1.54, 1.807) is 18.4 Å². The van der Waals surface area contributed by atoms with Crippen molar-refractivity contribution in [3.8, 4) is 11.5 Å². The van der Waals surface area contributed by atoms with Crippen LogP contribution in [0.25, 0.3) is 11.5 Å². The highest BCUT2D eigenvalue weighted by Gasteiger charge is 2.18. The van der Waals surface area contributed by atoms with Crippen molar-refractivity contribution in [3.63, 3.8) is 0 Å². The molecule has 1 aliphatic heterocycles. The fourth-order valence-electron chi connectivity index (χ4n) is 2.29. The topological polar surface area (TPSA) is 58.4 Å². The first-order valence-electron chi connectivity index (χ1n) is 6.91. The summed E-state index contributed by atoms with van der Waals surface area (Å²) in [7, 11) is 0. The Labute approximate surface area is 140 Å². The summed E-state index contributed by atoms with van der Waals surface area (Å²) < 4.78 is 5.44. The van der Waals surface area contributed by atoms with Crippen molar-refractivity contribution >= 4 is 29.9 Å². The van der Waals surface area contributed by atoms with Crippen LogP contribution in [0, 0.1) is 0 Å². The number of hydrogen-bond acceptors (Lipinski definition) is 4. The lowest BCUT2D eigenvalue weighted by Crippen LogP contribution is -2.46. The van der Waals surface area contributed by atoms with E-state index in [0.29, 0.717) is 16.6 Å². The number of nitrogens with one attached hydrogen (secondary N) is 1. The average Bonchev–Trinajstić information content (AvgIpc) is 2.97. The van der Waals surface area contributed by atoms with Gasteiger partial charge in [-0.05, 0) is 24.3 Å². The van der Waals surface area contributed by atoms with Crippen LogP contribution in [0.15, 0.2) is 34.9 Å². The van der Waals surface area contributed by atoms with Crippen LogP contribution in [-0.2, 0) is 11.2 Å². The molecule has 0 bridgehead atoms. The summed E-state index contributed by atoms with van der Waals surface area (Å²) in [6.07, 6.45) is 1.82. The van der Waals surface area contributed by atoms with Gasteiger partial charge < -0.3 is 14.6 Å². The van der Waals surface area contributed by atoms with E-state index in [9.17, 15) is 4.79 Å². The second-order valence-corrected chi connectivity index (χ2v) is 5.39. The molecular weight excluding hydrogens is 325 g/mol. The molecule has 0 atom stereocenters. The quantitative estimate of drug-likeness (QED) is 0.931. The molecule has 0 radical (unpaired) electrons. The number of amides is 1. The van der Waals surface area contributed by atoms with Crippen molar-refractivity contribution in [3.05, 3.63) is 41.2 Å². The van der Waals surface area contributed by atoms with Crippen molar-refractivity contribution in [1.82, 2.24) is 15.2 Å². The molecular formula is C15H17Cl2N3O2. The summed E-state index contributed by atoms with van der Waals surface area (Å²) in [6, 6.07) is 7.26. The highest BCUT2D eigenvalue weighted by atomic mass is 35.5. The molecule has 7 heteroatoms. The third-order valence-electron chi connectivity index (χ3n) is 3.44. The second kappa shape index (κ2) is 7.63. The zero-order chi connectivity index (χ0) is 14.7. The molecule has 0 saturated carbocycles. The van der Waals surface area contributed by atoms with Gasteiger partial charge in [-0.3, -0.25) is 4.79 Å². The van der Waals surface area contributed by atoms with Crippen LogP contribution in [0.1, 0.15) is 5.69 Å². The predicted molar refractivity (Wildman–Crippen MR) is 87.4 cm³/mol. The number of halogens is 2. The van der Waals surface area contributed by atoms with Gasteiger partial charge in [-0.25, -0.2) is 4.98 Å². The molecule has 1 N–H and O–H groups in total. The SMILES string of the molecule is Cl.O=C(Cc1coc(-c2ccc(Cl)cc2)n1)N1CCNCC1. The summed E-state index contributed by atoms with van der Waals surface area (Å²) in [5.74, 6) is 0.599. The van der Waals surface area contributed by atoms with E-state index in [4.69, 9.17) is 16.0 Å². The molecule has 1 fully saturated rings. The molecule has 5 nitrogen and oxygen atoms in total. The third kappa shape index (κ3) is 4.00. The van der Waals surface area contributed by atoms with Gasteiger partial charge in [0.15, 0.2) is 0 Å². The largest absolute Gasteiger partial charge is 0.444 e. The van der Waals surface area contributed by atoms with Gasteiger partial charge in [0, 0.05) is 36.8 Å². The minimum atomic E-state index is 0. The number of rotatable bonds is 3. The molecule has 1 aliphatic rings. The van der Waals surface area contributed by atoms with Gasteiger partial charge in [-0.15, -0.1) is 12.4 Å². The van der Waals surface area contributed by atoms with Gasteiger partial charge in [0.1, 0.15) is 6.26 Å². The standard InChI is InChI=1S/C15H16ClN3O2.ClH/c16-12-3-1-11(2-4-12)15-18-13(10-21-15)9-14(20)19-7-5-17-6-8-19;/h1-4,10,17H,5-9H2;1H. The predicted octanol–water partition coefficient (Wildman–Crippen LogP) is 2.39. The van der Waals surface area contributed by atoms with E-state index >= 15 is 0 Å². The lowest BCUT2D eigenvalue weighted by molar-refractivity contribution is -0.131. The molecule has 22 heavy (non-hydrogen) atoms. The van der Waals surface area contributed by atoms with Gasteiger partial charge >= 0.3 is 0 Å². The number of carbonyl (C=O) groups excluding carboxylic acids is 1. The molecule has 0 unspecified atom stereocenters. The maximum absolute atomic E-state index is 12.2. The van der Waals surface area contributed by atoms with Gasteiger partial charge in [0.05, 0.1) is 12.1 Å². The van der Waals surface area contributed by atoms with Crippen LogP contribution in [-0.4, -0.2) is 42.0 Å². The summed E-state index contributed by atoms with van der Waals surface area (Å²) in [5.41, 5.74) is 1.50. The fraction of sp³-hybridized carbons (Fsp3) is 0.333. The Morgan fingerprint density at radius 3 is 2.64 bits per heavy atom. The van der Waals surface area contributed by atoms with Crippen molar-refractivity contribution in [2.75, 3.05) is 26.2 Å². The molecule has 2 heterocycles. The number of carbonyl (C=O) groups is 1. The Balaban J connectivity index is 0.00000176. The second-order valence-electron chi connectivity index (χ2n) is 4.96. The first kappa shape index (κ1) is 16.8. The zero-order valence-corrected chi connectivity index (χ0v) is 13.5.